The molecular formula is C29H35N5O7. The minimum atomic E-state index is -0.687. The summed E-state index contributed by atoms with van der Waals surface area (Å²) in [5, 5.41) is 2.48. The number of esters is 1. The van der Waals surface area contributed by atoms with E-state index in [1.165, 1.54) is 9.80 Å². The number of fused-ring (bicyclic) bond motifs is 1. The van der Waals surface area contributed by atoms with E-state index < -0.39 is 23.7 Å². The van der Waals surface area contributed by atoms with Crippen LogP contribution in [0.3, 0.4) is 0 Å². The van der Waals surface area contributed by atoms with Gasteiger partial charge in [0.2, 0.25) is 17.7 Å². The zero-order chi connectivity index (χ0) is 30.3. The fourth-order valence-electron chi connectivity index (χ4n) is 3.93. The molecule has 1 aromatic carbocycles. The first kappa shape index (κ1) is 30.9. The number of hydrogen-bond acceptors (Lipinski definition) is 9. The maximum atomic E-state index is 13.5. The molecule has 2 aromatic rings. The third-order valence-electron chi connectivity index (χ3n) is 5.80. The van der Waals surface area contributed by atoms with Crippen LogP contribution in [0.15, 0.2) is 24.3 Å². The topological polar surface area (TPSA) is 140 Å². The summed E-state index contributed by atoms with van der Waals surface area (Å²) in [5.74, 6) is 4.98. The molecule has 0 bridgehead atoms. The molecule has 1 aliphatic heterocycles. The number of benzene rings is 1. The summed E-state index contributed by atoms with van der Waals surface area (Å²) in [5.41, 5.74) is 1.18. The Morgan fingerprint density at radius 2 is 1.90 bits per heavy atom. The molecule has 12 nitrogen and oxygen atoms in total. The lowest BCUT2D eigenvalue weighted by Crippen LogP contribution is -2.44. The molecule has 0 saturated heterocycles. The lowest BCUT2D eigenvalue weighted by Gasteiger charge is -2.26. The molecule has 1 aliphatic rings. The second-order valence-corrected chi connectivity index (χ2v) is 10.4. The normalized spacial score (nSPS) is 13.8. The van der Waals surface area contributed by atoms with Crippen LogP contribution in [0.4, 0.5) is 16.4 Å². The summed E-state index contributed by atoms with van der Waals surface area (Å²) in [7, 11) is 1.60. The Bertz CT molecular complexity index is 1390. The maximum absolute atomic E-state index is 13.5. The predicted octanol–water partition coefficient (Wildman–Crippen LogP) is 3.32. The summed E-state index contributed by atoms with van der Waals surface area (Å²) in [6.07, 6.45) is -0.715. The highest BCUT2D eigenvalue weighted by atomic mass is 16.6. The number of aromatic nitrogens is 2. The van der Waals surface area contributed by atoms with Crippen molar-refractivity contribution in [3.63, 3.8) is 0 Å². The number of carbonyl (C=O) groups excluding carboxylic acids is 4. The standard InChI is InChI=1S/C29H35N5O7/c1-8-39-25(36)15-19(3)34-17-24(35)33(7)22-12-11-20(16-21(22)26(34)37)10-9-13-40-23-14-18(2)30-27(31-23)32-28(38)41-29(4,5)6/h11-12,14,16,19H,8,13,15,17H2,1-7H3,(H,30,31,32,38). The Labute approximate surface area is 239 Å². The lowest BCUT2D eigenvalue weighted by atomic mass is 10.1. The van der Waals surface area contributed by atoms with E-state index in [9.17, 15) is 19.2 Å². The number of rotatable bonds is 7. The van der Waals surface area contributed by atoms with Crippen molar-refractivity contribution in [3.05, 3.63) is 41.1 Å². The van der Waals surface area contributed by atoms with Crippen molar-refractivity contribution in [2.45, 2.75) is 59.6 Å². The first-order valence-electron chi connectivity index (χ1n) is 13.1. The lowest BCUT2D eigenvalue weighted by molar-refractivity contribution is -0.144. The van der Waals surface area contributed by atoms with Gasteiger partial charge in [-0.15, -0.1) is 0 Å². The van der Waals surface area contributed by atoms with Gasteiger partial charge in [0, 0.05) is 30.4 Å². The van der Waals surface area contributed by atoms with Crippen LogP contribution in [-0.4, -0.2) is 77.2 Å². The molecule has 0 saturated carbocycles. The Morgan fingerprint density at radius 3 is 2.59 bits per heavy atom. The van der Waals surface area contributed by atoms with Gasteiger partial charge < -0.3 is 24.0 Å². The van der Waals surface area contributed by atoms with Crippen molar-refractivity contribution in [2.24, 2.45) is 0 Å². The summed E-state index contributed by atoms with van der Waals surface area (Å²) in [4.78, 5) is 61.4. The fraction of sp³-hybridized carbons (Fsp3) is 0.448. The first-order valence-corrected chi connectivity index (χ1v) is 13.1. The predicted molar refractivity (Wildman–Crippen MR) is 151 cm³/mol. The molecule has 0 fully saturated rings. The Balaban J connectivity index is 1.73. The average Bonchev–Trinajstić information content (AvgIpc) is 2.95. The zero-order valence-corrected chi connectivity index (χ0v) is 24.4. The van der Waals surface area contributed by atoms with Crippen molar-refractivity contribution < 1.29 is 33.4 Å². The SMILES string of the molecule is CCOC(=O)CC(C)N1CC(=O)N(C)c2ccc(C#CCOc3cc(C)nc(NC(=O)OC(C)(C)C)n3)cc2C1=O. The molecule has 3 rings (SSSR count). The van der Waals surface area contributed by atoms with Gasteiger partial charge in [-0.05, 0) is 59.7 Å². The van der Waals surface area contributed by atoms with E-state index in [0.717, 1.165) is 0 Å². The third kappa shape index (κ3) is 8.66. The number of ether oxygens (including phenoxy) is 3. The molecule has 1 N–H and O–H groups in total. The zero-order valence-electron chi connectivity index (χ0n) is 24.4. The van der Waals surface area contributed by atoms with Crippen molar-refractivity contribution >= 4 is 35.5 Å². The Hall–Kier alpha value is -4.66. The summed E-state index contributed by atoms with van der Waals surface area (Å²) < 4.78 is 15.9. The van der Waals surface area contributed by atoms with E-state index in [1.54, 1.807) is 72.9 Å². The molecule has 41 heavy (non-hydrogen) atoms. The largest absolute Gasteiger partial charge is 0.466 e. The Morgan fingerprint density at radius 1 is 1.17 bits per heavy atom. The summed E-state index contributed by atoms with van der Waals surface area (Å²) in [6, 6.07) is 6.04. The van der Waals surface area contributed by atoms with Gasteiger partial charge in [-0.25, -0.2) is 9.78 Å². The van der Waals surface area contributed by atoms with E-state index in [4.69, 9.17) is 14.2 Å². The molecule has 1 aromatic heterocycles. The van der Waals surface area contributed by atoms with Gasteiger partial charge in [0.1, 0.15) is 12.1 Å². The van der Waals surface area contributed by atoms with Crippen LogP contribution in [0.2, 0.25) is 0 Å². The molecule has 0 radical (unpaired) electrons. The van der Waals surface area contributed by atoms with Crippen molar-refractivity contribution in [1.82, 2.24) is 14.9 Å². The van der Waals surface area contributed by atoms with E-state index in [0.29, 0.717) is 22.5 Å². The highest BCUT2D eigenvalue weighted by Crippen LogP contribution is 2.27. The second kappa shape index (κ2) is 13.1. The minimum Gasteiger partial charge on any atom is -0.466 e. The van der Waals surface area contributed by atoms with Gasteiger partial charge >= 0.3 is 12.1 Å². The summed E-state index contributed by atoms with van der Waals surface area (Å²) >= 11 is 0. The highest BCUT2D eigenvalue weighted by molar-refractivity contribution is 6.09. The number of amides is 3. The molecular weight excluding hydrogens is 530 g/mol. The molecule has 12 heteroatoms. The van der Waals surface area contributed by atoms with Crippen LogP contribution in [0.5, 0.6) is 5.88 Å². The molecule has 3 amide bonds. The van der Waals surface area contributed by atoms with E-state index in [2.05, 4.69) is 27.1 Å². The maximum Gasteiger partial charge on any atom is 0.414 e. The van der Waals surface area contributed by atoms with Crippen LogP contribution in [0.1, 0.15) is 62.7 Å². The van der Waals surface area contributed by atoms with Gasteiger partial charge in [0.15, 0.2) is 6.61 Å². The minimum absolute atomic E-state index is 0.0275. The van der Waals surface area contributed by atoms with E-state index in [1.807, 2.05) is 0 Å². The van der Waals surface area contributed by atoms with E-state index in [-0.39, 0.29) is 49.8 Å². The van der Waals surface area contributed by atoms with Crippen LogP contribution in [0, 0.1) is 18.8 Å². The summed E-state index contributed by atoms with van der Waals surface area (Å²) in [6.45, 7) is 10.4. The van der Waals surface area contributed by atoms with Gasteiger partial charge in [0.25, 0.3) is 5.91 Å². The quantitative estimate of drug-likeness (QED) is 0.395. The first-order chi connectivity index (χ1) is 19.3. The van der Waals surface area contributed by atoms with E-state index >= 15 is 0 Å². The monoisotopic (exact) mass is 565 g/mol. The smallest absolute Gasteiger partial charge is 0.414 e. The molecule has 218 valence electrons. The highest BCUT2D eigenvalue weighted by Gasteiger charge is 2.33. The molecule has 2 heterocycles. The van der Waals surface area contributed by atoms with Gasteiger partial charge in [-0.1, -0.05) is 11.8 Å². The van der Waals surface area contributed by atoms with Gasteiger partial charge in [0.05, 0.1) is 24.3 Å². The number of nitrogens with one attached hydrogen (secondary N) is 1. The average molecular weight is 566 g/mol. The number of hydrogen-bond donors (Lipinski definition) is 1. The van der Waals surface area contributed by atoms with Crippen LogP contribution >= 0.6 is 0 Å². The third-order valence-corrected chi connectivity index (χ3v) is 5.80. The molecule has 1 unspecified atom stereocenters. The Kier molecular flexibility index (Phi) is 9.89. The van der Waals surface area contributed by atoms with Crippen LogP contribution in [-0.2, 0) is 19.1 Å². The van der Waals surface area contributed by atoms with Gasteiger partial charge in [-0.2, -0.15) is 4.98 Å². The van der Waals surface area contributed by atoms with Crippen molar-refractivity contribution in [3.8, 4) is 17.7 Å². The number of aryl methyl sites for hydroxylation is 1. The number of nitrogens with zero attached hydrogens (tertiary/aromatic N) is 4. The second-order valence-electron chi connectivity index (χ2n) is 10.4. The van der Waals surface area contributed by atoms with Gasteiger partial charge in [-0.3, -0.25) is 19.7 Å². The van der Waals surface area contributed by atoms with Crippen LogP contribution < -0.4 is 15.0 Å². The molecule has 0 spiro atoms. The number of anilines is 2. The van der Waals surface area contributed by atoms with Crippen LogP contribution in [0.25, 0.3) is 0 Å². The molecule has 0 aliphatic carbocycles. The molecule has 1 atom stereocenters. The number of carbonyl (C=O) groups is 4. The number of likely N-dealkylation sites (N-methyl/N-ethyl adjacent to an activating group) is 1. The van der Waals surface area contributed by atoms with Crippen molar-refractivity contribution in [1.29, 1.82) is 0 Å². The fourth-order valence-corrected chi connectivity index (χ4v) is 3.93. The van der Waals surface area contributed by atoms with Crippen molar-refractivity contribution in [2.75, 3.05) is 37.0 Å².